The van der Waals surface area contributed by atoms with Gasteiger partial charge in [0, 0.05) is 50.2 Å². The minimum absolute atomic E-state index is 0.283. The third kappa shape index (κ3) is 3.64. The molecule has 0 radical (unpaired) electrons. The van der Waals surface area contributed by atoms with Crippen LogP contribution in [0, 0.1) is 5.82 Å². The number of allylic oxidation sites excluding steroid dienone is 2. The molecule has 0 atom stereocenters. The molecular formula is C23H27FN6. The summed E-state index contributed by atoms with van der Waals surface area (Å²) in [5.41, 5.74) is 11.1. The van der Waals surface area contributed by atoms with Gasteiger partial charge >= 0.3 is 0 Å². The number of hydrogen-bond donors (Lipinski definition) is 3. The maximum Gasteiger partial charge on any atom is 0.140 e. The maximum atomic E-state index is 14.6. The molecule has 0 saturated carbocycles. The highest BCUT2D eigenvalue weighted by atomic mass is 19.1. The molecule has 1 saturated heterocycles. The largest absolute Gasteiger partial charge is 0.397 e. The number of hydrogen-bond acceptors (Lipinski definition) is 5. The topological polar surface area (TPSA) is 73.2 Å². The van der Waals surface area contributed by atoms with Crippen LogP contribution in [-0.2, 0) is 0 Å². The molecule has 0 amide bonds. The lowest BCUT2D eigenvalue weighted by molar-refractivity contribution is 0.313. The van der Waals surface area contributed by atoms with Gasteiger partial charge in [0.2, 0.25) is 0 Å². The Bertz CT molecular complexity index is 1110. The van der Waals surface area contributed by atoms with Crippen molar-refractivity contribution in [3.05, 3.63) is 66.3 Å². The molecule has 2 heterocycles. The third-order valence-corrected chi connectivity index (χ3v) is 5.64. The molecule has 156 valence electrons. The molecular weight excluding hydrogens is 379 g/mol. The van der Waals surface area contributed by atoms with Crippen molar-refractivity contribution in [3.63, 3.8) is 0 Å². The predicted molar refractivity (Wildman–Crippen MR) is 123 cm³/mol. The Balaban J connectivity index is 1.74. The summed E-state index contributed by atoms with van der Waals surface area (Å²) < 4.78 is 14.6. The molecule has 0 aliphatic carbocycles. The zero-order valence-electron chi connectivity index (χ0n) is 17.4. The fraction of sp³-hybridized carbons (Fsp3) is 0.261. The summed E-state index contributed by atoms with van der Waals surface area (Å²) in [5, 5.41) is 2.99. The van der Waals surface area contributed by atoms with E-state index in [1.807, 2.05) is 6.07 Å². The first-order valence-electron chi connectivity index (χ1n) is 10.0. The Kier molecular flexibility index (Phi) is 5.46. The molecule has 3 aromatic rings. The summed E-state index contributed by atoms with van der Waals surface area (Å²) in [6.45, 7) is 7.96. The van der Waals surface area contributed by atoms with Gasteiger partial charge in [0.25, 0.3) is 0 Å². The van der Waals surface area contributed by atoms with E-state index in [1.165, 1.54) is 6.07 Å². The first-order valence-corrected chi connectivity index (χ1v) is 10.0. The van der Waals surface area contributed by atoms with Crippen LogP contribution in [0.1, 0.15) is 11.4 Å². The van der Waals surface area contributed by atoms with Gasteiger partial charge in [-0.15, -0.1) is 0 Å². The Morgan fingerprint density at radius 1 is 1.23 bits per heavy atom. The smallest absolute Gasteiger partial charge is 0.140 e. The number of piperazine rings is 1. The molecule has 30 heavy (non-hydrogen) atoms. The number of aromatic nitrogens is 2. The highest BCUT2D eigenvalue weighted by molar-refractivity contribution is 5.97. The van der Waals surface area contributed by atoms with Crippen molar-refractivity contribution in [3.8, 4) is 0 Å². The number of anilines is 2. The SMILES string of the molecule is C=C/C(=C(/N)c1c(F)cccc1NC)c1nc2ccc(N3CCN(C)CC3)cc2[nH]1. The predicted octanol–water partition coefficient (Wildman–Crippen LogP) is 3.51. The lowest BCUT2D eigenvalue weighted by Crippen LogP contribution is -2.44. The average molecular weight is 407 g/mol. The molecule has 4 rings (SSSR count). The molecule has 1 fully saturated rings. The van der Waals surface area contributed by atoms with Gasteiger partial charge in [-0.3, -0.25) is 0 Å². The van der Waals surface area contributed by atoms with Crippen LogP contribution in [0.25, 0.3) is 22.3 Å². The van der Waals surface area contributed by atoms with Gasteiger partial charge in [-0.05, 0) is 37.4 Å². The van der Waals surface area contributed by atoms with E-state index in [9.17, 15) is 4.39 Å². The summed E-state index contributed by atoms with van der Waals surface area (Å²) in [5.74, 6) is 0.172. The normalized spacial score (nSPS) is 15.9. The molecule has 6 nitrogen and oxygen atoms in total. The number of likely N-dealkylation sites (N-methyl/N-ethyl adjacent to an activating group) is 1. The van der Waals surface area contributed by atoms with Crippen molar-refractivity contribution in [2.24, 2.45) is 5.73 Å². The van der Waals surface area contributed by atoms with Crippen molar-refractivity contribution in [1.29, 1.82) is 0 Å². The summed E-state index contributed by atoms with van der Waals surface area (Å²) >= 11 is 0. The van der Waals surface area contributed by atoms with Gasteiger partial charge < -0.3 is 25.8 Å². The molecule has 2 aromatic carbocycles. The van der Waals surface area contributed by atoms with Gasteiger partial charge in [0.1, 0.15) is 11.6 Å². The van der Waals surface area contributed by atoms with Crippen LogP contribution in [0.2, 0.25) is 0 Å². The zero-order chi connectivity index (χ0) is 21.3. The lowest BCUT2D eigenvalue weighted by Gasteiger charge is -2.34. The number of fused-ring (bicyclic) bond motifs is 1. The average Bonchev–Trinajstić information content (AvgIpc) is 3.17. The number of rotatable bonds is 5. The first kappa shape index (κ1) is 20.0. The minimum atomic E-state index is -0.396. The van der Waals surface area contributed by atoms with E-state index in [1.54, 1.807) is 25.3 Å². The highest BCUT2D eigenvalue weighted by Crippen LogP contribution is 2.31. The summed E-state index contributed by atoms with van der Waals surface area (Å²) in [7, 11) is 3.88. The van der Waals surface area contributed by atoms with Crippen molar-refractivity contribution in [2.45, 2.75) is 0 Å². The second-order valence-electron chi connectivity index (χ2n) is 7.52. The minimum Gasteiger partial charge on any atom is -0.397 e. The van der Waals surface area contributed by atoms with E-state index >= 15 is 0 Å². The van der Waals surface area contributed by atoms with E-state index in [-0.39, 0.29) is 5.70 Å². The Morgan fingerprint density at radius 3 is 2.70 bits per heavy atom. The summed E-state index contributed by atoms with van der Waals surface area (Å²) in [6.07, 6.45) is 1.61. The first-order chi connectivity index (χ1) is 14.5. The third-order valence-electron chi connectivity index (χ3n) is 5.64. The Morgan fingerprint density at radius 2 is 2.00 bits per heavy atom. The van der Waals surface area contributed by atoms with Gasteiger partial charge in [-0.1, -0.05) is 18.7 Å². The van der Waals surface area contributed by atoms with Crippen LogP contribution in [0.4, 0.5) is 15.8 Å². The molecule has 7 heteroatoms. The van der Waals surface area contributed by atoms with E-state index in [0.29, 0.717) is 22.6 Å². The quantitative estimate of drug-likeness (QED) is 0.566. The van der Waals surface area contributed by atoms with Crippen LogP contribution in [0.5, 0.6) is 0 Å². The van der Waals surface area contributed by atoms with E-state index < -0.39 is 5.82 Å². The molecule has 1 aromatic heterocycles. The fourth-order valence-corrected chi connectivity index (χ4v) is 3.86. The fourth-order valence-electron chi connectivity index (χ4n) is 3.86. The Hall–Kier alpha value is -3.32. The summed E-state index contributed by atoms with van der Waals surface area (Å²) in [4.78, 5) is 12.7. The van der Waals surface area contributed by atoms with Crippen molar-refractivity contribution < 1.29 is 4.39 Å². The standard InChI is InChI=1S/C23H27FN6/c1-4-16(22(25)21-17(24)6-5-7-19(21)26-2)23-27-18-9-8-15(14-20(18)28-23)30-12-10-29(3)11-13-30/h4-9,14,26H,1,10-13,25H2,2-3H3,(H,27,28)/b22-16-. The number of nitrogens with one attached hydrogen (secondary N) is 2. The van der Waals surface area contributed by atoms with Crippen LogP contribution in [-0.4, -0.2) is 55.1 Å². The lowest BCUT2D eigenvalue weighted by atomic mass is 10.0. The van der Waals surface area contributed by atoms with Crippen LogP contribution >= 0.6 is 0 Å². The zero-order valence-corrected chi connectivity index (χ0v) is 17.4. The molecule has 4 N–H and O–H groups in total. The van der Waals surface area contributed by atoms with Crippen LogP contribution in [0.3, 0.4) is 0 Å². The van der Waals surface area contributed by atoms with Crippen molar-refractivity contribution in [2.75, 3.05) is 50.5 Å². The number of aromatic amines is 1. The second kappa shape index (κ2) is 8.20. The molecule has 0 unspecified atom stereocenters. The Labute approximate surface area is 175 Å². The van der Waals surface area contributed by atoms with Crippen LogP contribution in [0.15, 0.2) is 49.1 Å². The summed E-state index contributed by atoms with van der Waals surface area (Å²) in [6, 6.07) is 11.0. The van der Waals surface area contributed by atoms with Gasteiger partial charge in [0.15, 0.2) is 0 Å². The van der Waals surface area contributed by atoms with Gasteiger partial charge in [-0.25, -0.2) is 9.37 Å². The number of nitrogens with zero attached hydrogens (tertiary/aromatic N) is 3. The van der Waals surface area contributed by atoms with Crippen molar-refractivity contribution in [1.82, 2.24) is 14.9 Å². The van der Waals surface area contributed by atoms with Crippen molar-refractivity contribution >= 4 is 33.7 Å². The molecule has 0 bridgehead atoms. The second-order valence-corrected chi connectivity index (χ2v) is 7.52. The number of nitrogens with two attached hydrogens (primary N) is 1. The van der Waals surface area contributed by atoms with Gasteiger partial charge in [0.05, 0.1) is 22.3 Å². The van der Waals surface area contributed by atoms with E-state index in [0.717, 1.165) is 42.9 Å². The molecule has 0 spiro atoms. The van der Waals surface area contributed by atoms with E-state index in [2.05, 4.69) is 50.8 Å². The van der Waals surface area contributed by atoms with E-state index in [4.69, 9.17) is 5.73 Å². The number of H-pyrrole nitrogens is 1. The number of benzene rings is 2. The monoisotopic (exact) mass is 406 g/mol. The maximum absolute atomic E-state index is 14.6. The highest BCUT2D eigenvalue weighted by Gasteiger charge is 2.18. The van der Waals surface area contributed by atoms with Crippen LogP contribution < -0.4 is 16.0 Å². The molecule has 1 aliphatic rings. The molecule has 1 aliphatic heterocycles. The number of imidazole rings is 1. The van der Waals surface area contributed by atoms with Gasteiger partial charge in [-0.2, -0.15) is 0 Å². The number of halogens is 1.